The van der Waals surface area contributed by atoms with Crippen molar-refractivity contribution in [1.82, 2.24) is 0 Å². The molecule has 1 rings (SSSR count). The number of esters is 1. The van der Waals surface area contributed by atoms with Crippen LogP contribution < -0.4 is 0 Å². The molecule has 3 nitrogen and oxygen atoms in total. The van der Waals surface area contributed by atoms with Crippen molar-refractivity contribution in [3.63, 3.8) is 0 Å². The largest absolute Gasteiger partial charge is 0.459 e. The minimum Gasteiger partial charge on any atom is -0.459 e. The number of hydrogen-bond acceptors (Lipinski definition) is 3. The number of ether oxygens (including phenoxy) is 1. The molecule has 1 fully saturated rings. The van der Waals surface area contributed by atoms with Crippen molar-refractivity contribution in [2.24, 2.45) is 0 Å². The average molecular weight is 216 g/mol. The molecular formula is C10H20O3Si. The van der Waals surface area contributed by atoms with Crippen molar-refractivity contribution in [1.29, 1.82) is 0 Å². The van der Waals surface area contributed by atoms with E-state index in [1.807, 2.05) is 0 Å². The summed E-state index contributed by atoms with van der Waals surface area (Å²) in [5.74, 6) is -0.103. The standard InChI is InChI=1S/C10H20O3Si/c1-10(2,3)14(4,5)12-7-8-6-9(11)13-8/h8H,6-7H2,1-5H3/t8-/m1/s1. The van der Waals surface area contributed by atoms with Crippen molar-refractivity contribution in [3.05, 3.63) is 0 Å². The zero-order chi connectivity index (χ0) is 11.0. The van der Waals surface area contributed by atoms with Crippen molar-refractivity contribution in [3.8, 4) is 0 Å². The molecule has 0 radical (unpaired) electrons. The van der Waals surface area contributed by atoms with Crippen molar-refractivity contribution in [2.45, 2.75) is 51.4 Å². The maximum absolute atomic E-state index is 10.6. The van der Waals surface area contributed by atoms with Gasteiger partial charge in [-0.25, -0.2) is 0 Å². The zero-order valence-corrected chi connectivity index (χ0v) is 10.7. The van der Waals surface area contributed by atoms with Crippen molar-refractivity contribution in [2.75, 3.05) is 6.61 Å². The Morgan fingerprint density at radius 3 is 2.36 bits per heavy atom. The van der Waals surface area contributed by atoms with Gasteiger partial charge in [0.2, 0.25) is 0 Å². The van der Waals surface area contributed by atoms with Crippen LogP contribution in [0.2, 0.25) is 18.1 Å². The number of rotatable bonds is 3. The lowest BCUT2D eigenvalue weighted by molar-refractivity contribution is -0.172. The fourth-order valence-electron chi connectivity index (χ4n) is 0.973. The van der Waals surface area contributed by atoms with Gasteiger partial charge in [0, 0.05) is 0 Å². The minimum atomic E-state index is -1.66. The van der Waals surface area contributed by atoms with E-state index < -0.39 is 8.32 Å². The van der Waals surface area contributed by atoms with Gasteiger partial charge in [0.15, 0.2) is 8.32 Å². The number of carbonyl (C=O) groups excluding carboxylic acids is 1. The van der Waals surface area contributed by atoms with Crippen LogP contribution in [0.5, 0.6) is 0 Å². The summed E-state index contributed by atoms with van der Waals surface area (Å²) in [5, 5.41) is 0.223. The van der Waals surface area contributed by atoms with Crippen LogP contribution in [-0.2, 0) is 14.0 Å². The molecule has 1 aliphatic heterocycles. The molecule has 4 heteroatoms. The van der Waals surface area contributed by atoms with Crippen LogP contribution in [0.4, 0.5) is 0 Å². The summed E-state index contributed by atoms with van der Waals surface area (Å²) < 4.78 is 10.8. The van der Waals surface area contributed by atoms with E-state index in [2.05, 4.69) is 33.9 Å². The summed E-state index contributed by atoms with van der Waals surface area (Å²) in [6.45, 7) is 11.6. The Bertz CT molecular complexity index is 222. The van der Waals surface area contributed by atoms with Crippen LogP contribution in [0.25, 0.3) is 0 Å². The quantitative estimate of drug-likeness (QED) is 0.536. The smallest absolute Gasteiger partial charge is 0.310 e. The van der Waals surface area contributed by atoms with Crippen molar-refractivity contribution >= 4 is 14.3 Å². The minimum absolute atomic E-state index is 0.0108. The number of cyclic esters (lactones) is 1. The van der Waals surface area contributed by atoms with Crippen molar-refractivity contribution < 1.29 is 14.0 Å². The second kappa shape index (κ2) is 3.66. The predicted molar refractivity (Wildman–Crippen MR) is 57.6 cm³/mol. The van der Waals surface area contributed by atoms with Crippen LogP contribution in [-0.4, -0.2) is 27.0 Å². The first-order chi connectivity index (χ1) is 6.22. The number of hydrogen-bond donors (Lipinski definition) is 0. The summed E-state index contributed by atoms with van der Waals surface area (Å²) in [5.41, 5.74) is 0. The van der Waals surface area contributed by atoms with Crippen LogP contribution in [0, 0.1) is 0 Å². The molecule has 82 valence electrons. The normalized spacial score (nSPS) is 22.9. The Labute approximate surface area is 86.9 Å². The fourth-order valence-corrected chi connectivity index (χ4v) is 2.01. The van der Waals surface area contributed by atoms with E-state index in [1.54, 1.807) is 0 Å². The maximum atomic E-state index is 10.6. The second-order valence-corrected chi connectivity index (χ2v) is 10.2. The summed E-state index contributed by atoms with van der Waals surface area (Å²) in [6.07, 6.45) is 0.533. The molecular weight excluding hydrogens is 196 g/mol. The molecule has 0 amide bonds. The summed E-state index contributed by atoms with van der Waals surface area (Å²) in [4.78, 5) is 10.6. The average Bonchev–Trinajstić information content (AvgIpc) is 1.93. The molecule has 0 aromatic heterocycles. The Kier molecular flexibility index (Phi) is 3.06. The lowest BCUT2D eigenvalue weighted by Gasteiger charge is -2.38. The lowest BCUT2D eigenvalue weighted by Crippen LogP contribution is -2.45. The molecule has 0 bridgehead atoms. The van der Waals surface area contributed by atoms with E-state index in [4.69, 9.17) is 9.16 Å². The van der Waals surface area contributed by atoms with Gasteiger partial charge in [-0.3, -0.25) is 4.79 Å². The highest BCUT2D eigenvalue weighted by Gasteiger charge is 2.39. The summed E-state index contributed by atoms with van der Waals surface area (Å²) in [6, 6.07) is 0. The Balaban J connectivity index is 2.33. The van der Waals surface area contributed by atoms with Crippen LogP contribution in [0.15, 0.2) is 0 Å². The predicted octanol–water partition coefficient (Wildman–Crippen LogP) is 2.32. The molecule has 0 unspecified atom stereocenters. The van der Waals surface area contributed by atoms with Gasteiger partial charge in [-0.1, -0.05) is 20.8 Å². The van der Waals surface area contributed by atoms with Gasteiger partial charge >= 0.3 is 5.97 Å². The molecule has 0 aliphatic carbocycles. The van der Waals surface area contributed by atoms with Gasteiger partial charge in [-0.2, -0.15) is 0 Å². The highest BCUT2D eigenvalue weighted by Crippen LogP contribution is 2.36. The fraction of sp³-hybridized carbons (Fsp3) is 0.900. The Morgan fingerprint density at radius 1 is 1.50 bits per heavy atom. The van der Waals surface area contributed by atoms with E-state index in [1.165, 1.54) is 0 Å². The van der Waals surface area contributed by atoms with E-state index >= 15 is 0 Å². The van der Waals surface area contributed by atoms with Gasteiger partial charge in [0.25, 0.3) is 0 Å². The monoisotopic (exact) mass is 216 g/mol. The Morgan fingerprint density at radius 2 is 2.00 bits per heavy atom. The van der Waals surface area contributed by atoms with Crippen LogP contribution in [0.3, 0.4) is 0 Å². The third-order valence-corrected chi connectivity index (χ3v) is 7.63. The SMILES string of the molecule is CC(C)(C)[Si](C)(C)OC[C@H]1CC(=O)O1. The molecule has 14 heavy (non-hydrogen) atoms. The first-order valence-electron chi connectivity index (χ1n) is 5.06. The van der Waals surface area contributed by atoms with Gasteiger partial charge in [0.05, 0.1) is 13.0 Å². The zero-order valence-electron chi connectivity index (χ0n) is 9.72. The van der Waals surface area contributed by atoms with E-state index in [0.29, 0.717) is 13.0 Å². The topological polar surface area (TPSA) is 35.5 Å². The van der Waals surface area contributed by atoms with E-state index in [-0.39, 0.29) is 17.1 Å². The second-order valence-electron chi connectivity index (χ2n) is 5.39. The molecule has 1 heterocycles. The summed E-state index contributed by atoms with van der Waals surface area (Å²) in [7, 11) is -1.66. The van der Waals surface area contributed by atoms with E-state index in [0.717, 1.165) is 0 Å². The molecule has 0 saturated carbocycles. The first-order valence-corrected chi connectivity index (χ1v) is 7.97. The number of carbonyl (C=O) groups is 1. The van der Waals surface area contributed by atoms with Crippen LogP contribution in [0.1, 0.15) is 27.2 Å². The lowest BCUT2D eigenvalue weighted by atomic mass is 10.2. The van der Waals surface area contributed by atoms with Crippen LogP contribution >= 0.6 is 0 Å². The molecule has 0 aromatic rings. The molecule has 1 aliphatic rings. The Hall–Kier alpha value is -0.353. The third kappa shape index (κ3) is 2.57. The third-order valence-electron chi connectivity index (χ3n) is 3.13. The maximum Gasteiger partial charge on any atom is 0.310 e. The van der Waals surface area contributed by atoms with Gasteiger partial charge in [0.1, 0.15) is 6.10 Å². The molecule has 0 N–H and O–H groups in total. The molecule has 1 saturated heterocycles. The first kappa shape index (κ1) is 11.7. The highest BCUT2D eigenvalue weighted by molar-refractivity contribution is 6.74. The van der Waals surface area contributed by atoms with Gasteiger partial charge in [-0.05, 0) is 18.1 Å². The van der Waals surface area contributed by atoms with Gasteiger partial charge in [-0.15, -0.1) is 0 Å². The van der Waals surface area contributed by atoms with Gasteiger partial charge < -0.3 is 9.16 Å². The van der Waals surface area contributed by atoms with E-state index in [9.17, 15) is 4.79 Å². The molecule has 0 aromatic carbocycles. The summed E-state index contributed by atoms with van der Waals surface area (Å²) >= 11 is 0. The molecule has 0 spiro atoms. The highest BCUT2D eigenvalue weighted by atomic mass is 28.4. The molecule has 1 atom stereocenters.